The Balaban J connectivity index is 0.00000196. The van der Waals surface area contributed by atoms with Gasteiger partial charge < -0.3 is 33.2 Å². The van der Waals surface area contributed by atoms with Crippen LogP contribution in [0.5, 0.6) is 0 Å². The molecule has 1 fully saturated rings. The Labute approximate surface area is 173 Å². The summed E-state index contributed by atoms with van der Waals surface area (Å²) in [4.78, 5) is 12.9. The van der Waals surface area contributed by atoms with E-state index in [2.05, 4.69) is 38.4 Å². The summed E-state index contributed by atoms with van der Waals surface area (Å²) in [6.45, 7) is 1.74. The van der Waals surface area contributed by atoms with Crippen molar-refractivity contribution in [3.63, 3.8) is 0 Å². The molecule has 0 spiro atoms. The fraction of sp³-hybridized carbons (Fsp3) is 0.409. The van der Waals surface area contributed by atoms with Gasteiger partial charge in [0.1, 0.15) is 5.92 Å². The van der Waals surface area contributed by atoms with Crippen LogP contribution in [-0.4, -0.2) is 43.7 Å². The van der Waals surface area contributed by atoms with Crippen molar-refractivity contribution in [1.82, 2.24) is 0 Å². The van der Waals surface area contributed by atoms with E-state index >= 15 is 0 Å². The van der Waals surface area contributed by atoms with Crippen molar-refractivity contribution in [3.8, 4) is 11.1 Å². The molecule has 26 heavy (non-hydrogen) atoms. The van der Waals surface area contributed by atoms with Crippen LogP contribution in [0.4, 0.5) is 0 Å². The summed E-state index contributed by atoms with van der Waals surface area (Å²) >= 11 is 0. The molecule has 2 aromatic rings. The van der Waals surface area contributed by atoms with Gasteiger partial charge in [0.25, 0.3) is 0 Å². The first-order valence-corrected chi connectivity index (χ1v) is 9.25. The zero-order chi connectivity index (χ0) is 17.4. The molecule has 1 heterocycles. The molecule has 0 amide bonds. The molecule has 0 radical (unpaired) electrons. The van der Waals surface area contributed by atoms with Crippen molar-refractivity contribution >= 4 is 5.97 Å². The second kappa shape index (κ2) is 7.69. The number of hydrogen-bond acceptors (Lipinski definition) is 2. The Morgan fingerprint density at radius 1 is 1.04 bits per heavy atom. The molecule has 1 unspecified atom stereocenters. The smallest absolute Gasteiger partial charge is 0.317 e. The Hall–Kier alpha value is -1.40. The zero-order valence-corrected chi connectivity index (χ0v) is 17.6. The van der Waals surface area contributed by atoms with Gasteiger partial charge in [0.15, 0.2) is 0 Å². The number of fused-ring (bicyclic) bond motifs is 3. The first-order valence-electron chi connectivity index (χ1n) is 9.25. The number of benzene rings is 2. The largest absolute Gasteiger partial charge is 1.00 e. The van der Waals surface area contributed by atoms with Gasteiger partial charge in [-0.3, -0.25) is 4.79 Å². The average Bonchev–Trinajstić information content (AvgIpc) is 3.12. The van der Waals surface area contributed by atoms with Crippen LogP contribution in [0.1, 0.15) is 36.3 Å². The molecule has 4 heteroatoms. The van der Waals surface area contributed by atoms with Crippen LogP contribution in [0.3, 0.4) is 0 Å². The Bertz CT molecular complexity index is 757. The number of ether oxygens (including phenoxy) is 1. The molecule has 1 saturated heterocycles. The minimum absolute atomic E-state index is 0. The minimum Gasteiger partial charge on any atom is -1.00 e. The highest BCUT2D eigenvalue weighted by atomic mass is 127. The van der Waals surface area contributed by atoms with Gasteiger partial charge in [-0.15, -0.1) is 0 Å². The first-order chi connectivity index (χ1) is 12.1. The first kappa shape index (κ1) is 19.4. The topological polar surface area (TPSA) is 26.3 Å². The normalized spacial score (nSPS) is 20.2. The molecule has 0 N–H and O–H groups in total. The van der Waals surface area contributed by atoms with Crippen LogP contribution in [0.15, 0.2) is 48.5 Å². The number of nitrogens with zero attached hydrogens (tertiary/aromatic N) is 1. The van der Waals surface area contributed by atoms with Gasteiger partial charge in [0.05, 0.1) is 33.3 Å². The highest BCUT2D eigenvalue weighted by molar-refractivity contribution is 5.93. The summed E-state index contributed by atoms with van der Waals surface area (Å²) in [5, 5.41) is 0. The number of rotatable bonds is 4. The van der Waals surface area contributed by atoms with Crippen LogP contribution in [0.2, 0.25) is 0 Å². The standard InChI is InChI=1S/C22H26NO2.HI/c1-23(2)14-7-8-16(23)13-15-25-22(24)21-19-11-5-3-9-17(19)18-10-4-6-12-20(18)21;/h3-6,9-12,16,21H,7-8,13-15H2,1-2H3;1H/q+1;/p-1. The van der Waals surface area contributed by atoms with E-state index in [9.17, 15) is 4.79 Å². The predicted molar refractivity (Wildman–Crippen MR) is 99.3 cm³/mol. The SMILES string of the molecule is C[N+]1(C)CCCC1CCOC(=O)C1c2ccccc2-c2ccccc21.[I-]. The maximum atomic E-state index is 12.9. The molecular weight excluding hydrogens is 437 g/mol. The second-order valence-electron chi connectivity index (χ2n) is 7.86. The van der Waals surface area contributed by atoms with Crippen molar-refractivity contribution < 1.29 is 38.0 Å². The van der Waals surface area contributed by atoms with Crippen LogP contribution in [0, 0.1) is 0 Å². The third-order valence-corrected chi connectivity index (χ3v) is 6.03. The maximum absolute atomic E-state index is 12.9. The van der Waals surface area contributed by atoms with E-state index < -0.39 is 0 Å². The molecule has 2 aromatic carbocycles. The zero-order valence-electron chi connectivity index (χ0n) is 15.5. The maximum Gasteiger partial charge on any atom is 0.317 e. The van der Waals surface area contributed by atoms with E-state index in [0.717, 1.165) is 33.2 Å². The van der Waals surface area contributed by atoms with Gasteiger partial charge in [-0.1, -0.05) is 48.5 Å². The number of halogens is 1. The second-order valence-corrected chi connectivity index (χ2v) is 7.86. The molecule has 0 bridgehead atoms. The highest BCUT2D eigenvalue weighted by Crippen LogP contribution is 2.45. The fourth-order valence-electron chi connectivity index (χ4n) is 4.55. The molecule has 1 aliphatic carbocycles. The lowest BCUT2D eigenvalue weighted by Crippen LogP contribution is -3.00. The van der Waals surface area contributed by atoms with Crippen LogP contribution in [-0.2, 0) is 9.53 Å². The lowest BCUT2D eigenvalue weighted by Gasteiger charge is -2.31. The average molecular weight is 463 g/mol. The van der Waals surface area contributed by atoms with Gasteiger partial charge >= 0.3 is 5.97 Å². The molecule has 4 rings (SSSR count). The lowest BCUT2D eigenvalue weighted by molar-refractivity contribution is -0.902. The fourth-order valence-corrected chi connectivity index (χ4v) is 4.55. The minimum atomic E-state index is -0.279. The van der Waals surface area contributed by atoms with Crippen molar-refractivity contribution in [3.05, 3.63) is 59.7 Å². The van der Waals surface area contributed by atoms with E-state index in [4.69, 9.17) is 4.74 Å². The van der Waals surface area contributed by atoms with E-state index in [-0.39, 0.29) is 35.9 Å². The monoisotopic (exact) mass is 463 g/mol. The number of esters is 1. The number of carbonyl (C=O) groups excluding carboxylic acids is 1. The van der Waals surface area contributed by atoms with E-state index in [1.165, 1.54) is 19.4 Å². The van der Waals surface area contributed by atoms with Gasteiger partial charge in [-0.2, -0.15) is 0 Å². The summed E-state index contributed by atoms with van der Waals surface area (Å²) in [5.41, 5.74) is 4.47. The molecular formula is C22H26INO2. The van der Waals surface area contributed by atoms with Gasteiger partial charge in [-0.05, 0) is 22.3 Å². The number of quaternary nitrogens is 1. The highest BCUT2D eigenvalue weighted by Gasteiger charge is 2.36. The summed E-state index contributed by atoms with van der Waals surface area (Å²) in [6, 6.07) is 17.0. The predicted octanol–water partition coefficient (Wildman–Crippen LogP) is 0.975. The molecule has 3 nitrogen and oxygen atoms in total. The molecule has 138 valence electrons. The van der Waals surface area contributed by atoms with E-state index in [0.29, 0.717) is 12.6 Å². The van der Waals surface area contributed by atoms with Crippen molar-refractivity contribution in [2.75, 3.05) is 27.2 Å². The van der Waals surface area contributed by atoms with E-state index in [1.807, 2.05) is 24.3 Å². The molecule has 1 atom stereocenters. The van der Waals surface area contributed by atoms with Crippen molar-refractivity contribution in [1.29, 1.82) is 0 Å². The van der Waals surface area contributed by atoms with Gasteiger partial charge in [0.2, 0.25) is 0 Å². The third kappa shape index (κ3) is 3.41. The van der Waals surface area contributed by atoms with Crippen LogP contribution < -0.4 is 24.0 Å². The summed E-state index contributed by atoms with van der Waals surface area (Å²) in [7, 11) is 4.56. The number of hydrogen-bond donors (Lipinski definition) is 0. The van der Waals surface area contributed by atoms with Gasteiger partial charge in [0, 0.05) is 19.3 Å². The Kier molecular flexibility index (Phi) is 5.72. The van der Waals surface area contributed by atoms with Gasteiger partial charge in [-0.25, -0.2) is 0 Å². The third-order valence-electron chi connectivity index (χ3n) is 6.03. The lowest BCUT2D eigenvalue weighted by atomic mass is 9.97. The van der Waals surface area contributed by atoms with Crippen LogP contribution in [0.25, 0.3) is 11.1 Å². The van der Waals surface area contributed by atoms with E-state index in [1.54, 1.807) is 0 Å². The molecule has 1 aliphatic heterocycles. The Morgan fingerprint density at radius 2 is 1.62 bits per heavy atom. The van der Waals surface area contributed by atoms with Crippen molar-refractivity contribution in [2.45, 2.75) is 31.2 Å². The summed E-state index contributed by atoms with van der Waals surface area (Å²) in [5.74, 6) is -0.390. The summed E-state index contributed by atoms with van der Waals surface area (Å²) < 4.78 is 6.79. The Morgan fingerprint density at radius 3 is 2.15 bits per heavy atom. The van der Waals surface area contributed by atoms with Crippen molar-refractivity contribution in [2.24, 2.45) is 0 Å². The quantitative estimate of drug-likeness (QED) is 0.384. The molecule has 2 aliphatic rings. The number of carbonyl (C=O) groups is 1. The number of likely N-dealkylation sites (tertiary alicyclic amines) is 1. The molecule has 0 aromatic heterocycles. The summed E-state index contributed by atoms with van der Waals surface area (Å²) in [6.07, 6.45) is 3.46. The molecule has 0 saturated carbocycles. The van der Waals surface area contributed by atoms with Crippen LogP contribution >= 0.6 is 0 Å².